The normalized spacial score (nSPS) is 17.2. The molecule has 3 nitrogen and oxygen atoms in total. The van der Waals surface area contributed by atoms with Gasteiger partial charge in [0.2, 0.25) is 0 Å². The lowest BCUT2D eigenvalue weighted by molar-refractivity contribution is 0.637. The van der Waals surface area contributed by atoms with Crippen LogP contribution in [-0.4, -0.2) is 23.3 Å². The van der Waals surface area contributed by atoms with Crippen LogP contribution >= 0.6 is 0 Å². The van der Waals surface area contributed by atoms with E-state index in [0.29, 0.717) is 0 Å². The van der Waals surface area contributed by atoms with Crippen molar-refractivity contribution in [3.8, 4) is 0 Å². The fourth-order valence-electron chi connectivity index (χ4n) is 4.10. The maximum absolute atomic E-state index is 4.51. The first-order chi connectivity index (χ1) is 10.4. The monoisotopic (exact) mass is 275 g/mol. The summed E-state index contributed by atoms with van der Waals surface area (Å²) in [5.41, 5.74) is 6.59. The number of benzene rings is 2. The van der Waals surface area contributed by atoms with Crippen molar-refractivity contribution in [1.29, 1.82) is 0 Å². The average molecular weight is 275 g/mol. The summed E-state index contributed by atoms with van der Waals surface area (Å²) >= 11 is 0. The average Bonchev–Trinajstić information content (AvgIpc) is 2.55. The van der Waals surface area contributed by atoms with Crippen molar-refractivity contribution < 1.29 is 0 Å². The molecule has 3 aromatic rings. The third-order valence-electron chi connectivity index (χ3n) is 4.94. The molecule has 0 saturated carbocycles. The molecular formula is C18H17N3. The van der Waals surface area contributed by atoms with E-state index in [1.165, 1.54) is 66.4 Å². The molecule has 1 aromatic heterocycles. The van der Waals surface area contributed by atoms with E-state index in [1.54, 1.807) is 0 Å². The molecule has 21 heavy (non-hydrogen) atoms. The first kappa shape index (κ1) is 11.5. The van der Waals surface area contributed by atoms with Gasteiger partial charge < -0.3 is 4.90 Å². The molecule has 0 bridgehead atoms. The number of hydrogen-bond donors (Lipinski definition) is 0. The third kappa shape index (κ3) is 1.54. The zero-order valence-electron chi connectivity index (χ0n) is 12.0. The van der Waals surface area contributed by atoms with E-state index in [4.69, 9.17) is 0 Å². The Morgan fingerprint density at radius 2 is 1.71 bits per heavy atom. The van der Waals surface area contributed by atoms with E-state index in [1.807, 2.05) is 6.07 Å². The number of aryl methyl sites for hydroxylation is 2. The minimum absolute atomic E-state index is 1.01. The van der Waals surface area contributed by atoms with Gasteiger partial charge in [0.1, 0.15) is 0 Å². The Kier molecular flexibility index (Phi) is 2.28. The summed E-state index contributed by atoms with van der Waals surface area (Å²) < 4.78 is 0. The second-order valence-electron chi connectivity index (χ2n) is 6.17. The molecule has 0 fully saturated rings. The second-order valence-corrected chi connectivity index (χ2v) is 6.17. The molecule has 0 unspecified atom stereocenters. The first-order valence-electron chi connectivity index (χ1n) is 7.87. The number of anilines is 1. The molecular weight excluding hydrogens is 258 g/mol. The van der Waals surface area contributed by atoms with Crippen molar-refractivity contribution >= 4 is 27.5 Å². The van der Waals surface area contributed by atoms with Crippen LogP contribution in [0.4, 0.5) is 5.69 Å². The van der Waals surface area contributed by atoms with Gasteiger partial charge in [0.15, 0.2) is 0 Å². The Morgan fingerprint density at radius 1 is 0.905 bits per heavy atom. The molecule has 3 heteroatoms. The Morgan fingerprint density at radius 3 is 2.67 bits per heavy atom. The van der Waals surface area contributed by atoms with E-state index in [2.05, 4.69) is 39.4 Å². The molecule has 0 atom stereocenters. The maximum atomic E-state index is 4.51. The molecule has 0 N–H and O–H groups in total. The van der Waals surface area contributed by atoms with E-state index >= 15 is 0 Å². The van der Waals surface area contributed by atoms with Crippen molar-refractivity contribution in [2.75, 3.05) is 18.0 Å². The molecule has 0 radical (unpaired) electrons. The number of hydrogen-bond acceptors (Lipinski definition) is 3. The Hall–Kier alpha value is -2.16. The standard InChI is InChI=1S/C18H17N3/c1-2-8-15-13(6-1)17-14-7-4-10-21-9-3-5-12(18(14)21)11-16(17)20-19-15/h1-2,6,8,11H,3-5,7,9-10H2. The van der Waals surface area contributed by atoms with Gasteiger partial charge in [-0.15, -0.1) is 10.2 Å². The molecule has 3 heterocycles. The molecule has 2 aromatic carbocycles. The van der Waals surface area contributed by atoms with Crippen LogP contribution in [0.2, 0.25) is 0 Å². The van der Waals surface area contributed by atoms with Crippen LogP contribution in [0.1, 0.15) is 24.0 Å². The summed E-state index contributed by atoms with van der Waals surface area (Å²) in [6.45, 7) is 2.42. The van der Waals surface area contributed by atoms with Crippen LogP contribution in [0.5, 0.6) is 0 Å². The highest BCUT2D eigenvalue weighted by Crippen LogP contribution is 2.41. The number of rotatable bonds is 0. The van der Waals surface area contributed by atoms with Gasteiger partial charge in [-0.25, -0.2) is 0 Å². The van der Waals surface area contributed by atoms with Crippen LogP contribution < -0.4 is 4.90 Å². The van der Waals surface area contributed by atoms with Gasteiger partial charge in [0.25, 0.3) is 0 Å². The predicted molar refractivity (Wildman–Crippen MR) is 85.9 cm³/mol. The summed E-state index contributed by atoms with van der Waals surface area (Å²) in [6, 6.07) is 10.7. The molecule has 0 spiro atoms. The summed E-state index contributed by atoms with van der Waals surface area (Å²) in [5.74, 6) is 0. The summed E-state index contributed by atoms with van der Waals surface area (Å²) in [5, 5.41) is 11.5. The zero-order valence-corrected chi connectivity index (χ0v) is 12.0. The third-order valence-corrected chi connectivity index (χ3v) is 4.94. The highest BCUT2D eigenvalue weighted by Gasteiger charge is 2.26. The number of aromatic nitrogens is 2. The van der Waals surface area contributed by atoms with Crippen LogP contribution in [-0.2, 0) is 12.8 Å². The Balaban J connectivity index is 1.98. The fraction of sp³-hybridized carbons (Fsp3) is 0.333. The summed E-state index contributed by atoms with van der Waals surface area (Å²) in [6.07, 6.45) is 4.87. The predicted octanol–water partition coefficient (Wildman–Crippen LogP) is 3.48. The van der Waals surface area contributed by atoms with Crippen LogP contribution in [0, 0.1) is 0 Å². The van der Waals surface area contributed by atoms with Crippen molar-refractivity contribution in [2.45, 2.75) is 25.7 Å². The number of nitrogens with zero attached hydrogens (tertiary/aromatic N) is 3. The molecule has 5 rings (SSSR count). The molecule has 0 amide bonds. The SMILES string of the molecule is c1ccc2c(c1)nnc1cc3c4c(c12)CCCN4CCC3. The van der Waals surface area contributed by atoms with Crippen LogP contribution in [0.15, 0.2) is 30.3 Å². The van der Waals surface area contributed by atoms with E-state index in [-0.39, 0.29) is 0 Å². The van der Waals surface area contributed by atoms with Gasteiger partial charge in [0.05, 0.1) is 11.0 Å². The van der Waals surface area contributed by atoms with Crippen LogP contribution in [0.25, 0.3) is 21.8 Å². The van der Waals surface area contributed by atoms with Crippen LogP contribution in [0.3, 0.4) is 0 Å². The second kappa shape index (κ2) is 4.17. The van der Waals surface area contributed by atoms with Gasteiger partial charge in [-0.05, 0) is 48.9 Å². The van der Waals surface area contributed by atoms with Gasteiger partial charge in [-0.1, -0.05) is 18.2 Å². The fourth-order valence-corrected chi connectivity index (χ4v) is 4.10. The van der Waals surface area contributed by atoms with Crippen molar-refractivity contribution in [1.82, 2.24) is 10.2 Å². The summed E-state index contributed by atoms with van der Waals surface area (Å²) in [7, 11) is 0. The van der Waals surface area contributed by atoms with Crippen molar-refractivity contribution in [3.05, 3.63) is 41.5 Å². The highest BCUT2D eigenvalue weighted by atomic mass is 15.1. The lowest BCUT2D eigenvalue weighted by Crippen LogP contribution is -2.34. The van der Waals surface area contributed by atoms with Crippen molar-refractivity contribution in [2.24, 2.45) is 0 Å². The quantitative estimate of drug-likeness (QED) is 0.588. The smallest absolute Gasteiger partial charge is 0.0943 e. The minimum atomic E-state index is 1.01. The van der Waals surface area contributed by atoms with Gasteiger partial charge in [-0.3, -0.25) is 0 Å². The first-order valence-corrected chi connectivity index (χ1v) is 7.87. The van der Waals surface area contributed by atoms with E-state index < -0.39 is 0 Å². The molecule has 104 valence electrons. The van der Waals surface area contributed by atoms with E-state index in [9.17, 15) is 0 Å². The minimum Gasteiger partial charge on any atom is -0.371 e. The summed E-state index contributed by atoms with van der Waals surface area (Å²) in [4.78, 5) is 2.59. The highest BCUT2D eigenvalue weighted by molar-refractivity contribution is 6.08. The van der Waals surface area contributed by atoms with Gasteiger partial charge in [0, 0.05) is 29.5 Å². The maximum Gasteiger partial charge on any atom is 0.0943 e. The molecule has 0 saturated heterocycles. The molecule has 2 aliphatic rings. The molecule has 0 aliphatic carbocycles. The van der Waals surface area contributed by atoms with Gasteiger partial charge in [-0.2, -0.15) is 0 Å². The Bertz CT molecular complexity index is 867. The van der Waals surface area contributed by atoms with Gasteiger partial charge >= 0.3 is 0 Å². The Labute approximate surface area is 123 Å². The largest absolute Gasteiger partial charge is 0.371 e. The number of fused-ring (bicyclic) bond motifs is 4. The lowest BCUT2D eigenvalue weighted by Gasteiger charge is -2.37. The van der Waals surface area contributed by atoms with E-state index in [0.717, 1.165) is 11.0 Å². The molecule has 2 aliphatic heterocycles. The van der Waals surface area contributed by atoms with Crippen molar-refractivity contribution in [3.63, 3.8) is 0 Å². The topological polar surface area (TPSA) is 29.0 Å². The zero-order chi connectivity index (χ0) is 13.8. The lowest BCUT2D eigenvalue weighted by atomic mass is 9.88.